The van der Waals surface area contributed by atoms with Crippen LogP contribution in [0.5, 0.6) is 5.75 Å². The van der Waals surface area contributed by atoms with Gasteiger partial charge in [0.1, 0.15) is 17.9 Å². The van der Waals surface area contributed by atoms with Crippen LogP contribution in [0.25, 0.3) is 11.0 Å². The van der Waals surface area contributed by atoms with Crippen molar-refractivity contribution in [1.29, 1.82) is 0 Å². The van der Waals surface area contributed by atoms with E-state index in [0.717, 1.165) is 23.1 Å². The van der Waals surface area contributed by atoms with E-state index in [0.29, 0.717) is 22.9 Å². The Kier molecular flexibility index (Phi) is 7.07. The molecule has 0 saturated carbocycles. The summed E-state index contributed by atoms with van der Waals surface area (Å²) in [5.74, 6) is 0.254. The summed E-state index contributed by atoms with van der Waals surface area (Å²) in [6, 6.07) is 25.3. The molecule has 1 N–H and O–H groups in total. The highest BCUT2D eigenvalue weighted by atomic mass is 16.5. The second kappa shape index (κ2) is 10.3. The van der Waals surface area contributed by atoms with Gasteiger partial charge in [-0.25, -0.2) is 5.06 Å². The SMILES string of the molecule is Cc1ccc(OCCN(O)C(=O)c2oc3ccccc3c2CN(C)Cc2ccccc2)cc1. The number of amides is 1. The van der Waals surface area contributed by atoms with E-state index in [4.69, 9.17) is 9.15 Å². The fraction of sp³-hybridized carbons (Fsp3) is 0.222. The van der Waals surface area contributed by atoms with Gasteiger partial charge in [-0.05, 0) is 37.7 Å². The van der Waals surface area contributed by atoms with Crippen LogP contribution in [0.2, 0.25) is 0 Å². The fourth-order valence-corrected chi connectivity index (χ4v) is 3.75. The van der Waals surface area contributed by atoms with Crippen LogP contribution < -0.4 is 4.74 Å². The first-order valence-corrected chi connectivity index (χ1v) is 10.9. The van der Waals surface area contributed by atoms with Crippen LogP contribution >= 0.6 is 0 Å². The highest BCUT2D eigenvalue weighted by Gasteiger charge is 2.25. The van der Waals surface area contributed by atoms with Gasteiger partial charge in [-0.1, -0.05) is 66.2 Å². The molecule has 0 fully saturated rings. The van der Waals surface area contributed by atoms with Gasteiger partial charge < -0.3 is 9.15 Å². The molecule has 1 amide bonds. The molecule has 0 spiro atoms. The standard InChI is InChI=1S/C27H28N2O4/c1-20-12-14-22(15-13-20)32-17-16-29(31)27(30)26-24(23-10-6-7-11-25(23)33-26)19-28(2)18-21-8-4-3-5-9-21/h3-15,31H,16-19H2,1-2H3. The summed E-state index contributed by atoms with van der Waals surface area (Å²) in [5.41, 5.74) is 3.69. The van der Waals surface area contributed by atoms with Gasteiger partial charge in [0.05, 0.1) is 6.54 Å². The molecule has 4 aromatic rings. The number of hydroxylamine groups is 2. The van der Waals surface area contributed by atoms with Crippen LogP contribution in [-0.2, 0) is 13.1 Å². The third kappa shape index (κ3) is 5.61. The number of ether oxygens (including phenoxy) is 1. The number of benzene rings is 3. The molecule has 3 aromatic carbocycles. The lowest BCUT2D eigenvalue weighted by atomic mass is 10.1. The lowest BCUT2D eigenvalue weighted by molar-refractivity contribution is -0.0655. The van der Waals surface area contributed by atoms with E-state index in [1.165, 1.54) is 5.56 Å². The second-order valence-electron chi connectivity index (χ2n) is 8.15. The minimum absolute atomic E-state index is 0.0169. The molecule has 33 heavy (non-hydrogen) atoms. The van der Waals surface area contributed by atoms with Gasteiger partial charge in [0, 0.05) is 24.0 Å². The highest BCUT2D eigenvalue weighted by molar-refractivity contribution is 5.98. The largest absolute Gasteiger partial charge is 0.492 e. The average Bonchev–Trinajstić information content (AvgIpc) is 3.18. The van der Waals surface area contributed by atoms with Crippen molar-refractivity contribution in [3.8, 4) is 5.75 Å². The molecule has 0 atom stereocenters. The number of para-hydroxylation sites is 1. The first-order chi connectivity index (χ1) is 16.0. The van der Waals surface area contributed by atoms with Gasteiger partial charge in [0.25, 0.3) is 0 Å². The summed E-state index contributed by atoms with van der Waals surface area (Å²) in [6.45, 7) is 3.40. The van der Waals surface area contributed by atoms with E-state index in [1.807, 2.05) is 80.7 Å². The first kappa shape index (κ1) is 22.6. The summed E-state index contributed by atoms with van der Waals surface area (Å²) in [7, 11) is 2.00. The summed E-state index contributed by atoms with van der Waals surface area (Å²) in [5, 5.41) is 12.0. The molecule has 6 heteroatoms. The van der Waals surface area contributed by atoms with Crippen molar-refractivity contribution in [2.24, 2.45) is 0 Å². The molecule has 0 aliphatic heterocycles. The third-order valence-corrected chi connectivity index (χ3v) is 5.44. The number of nitrogens with zero attached hydrogens (tertiary/aromatic N) is 2. The zero-order chi connectivity index (χ0) is 23.2. The van der Waals surface area contributed by atoms with Crippen LogP contribution in [-0.4, -0.2) is 41.3 Å². The Hall–Kier alpha value is -3.61. The monoisotopic (exact) mass is 444 g/mol. The zero-order valence-corrected chi connectivity index (χ0v) is 18.9. The normalized spacial score (nSPS) is 11.2. The number of carbonyl (C=O) groups is 1. The van der Waals surface area contributed by atoms with Crippen molar-refractivity contribution in [1.82, 2.24) is 9.96 Å². The number of carbonyl (C=O) groups excluding carboxylic acids is 1. The van der Waals surface area contributed by atoms with Crippen LogP contribution in [0.1, 0.15) is 27.2 Å². The van der Waals surface area contributed by atoms with Gasteiger partial charge >= 0.3 is 5.91 Å². The Morgan fingerprint density at radius 3 is 2.39 bits per heavy atom. The second-order valence-corrected chi connectivity index (χ2v) is 8.15. The first-order valence-electron chi connectivity index (χ1n) is 10.9. The molecule has 0 aliphatic rings. The molecule has 0 radical (unpaired) electrons. The van der Waals surface area contributed by atoms with E-state index in [9.17, 15) is 10.0 Å². The number of rotatable bonds is 9. The number of hydrogen-bond acceptors (Lipinski definition) is 5. The Morgan fingerprint density at radius 2 is 1.64 bits per heavy atom. The molecule has 0 saturated heterocycles. The summed E-state index contributed by atoms with van der Waals surface area (Å²) in [4.78, 5) is 15.2. The fourth-order valence-electron chi connectivity index (χ4n) is 3.75. The maximum absolute atomic E-state index is 13.1. The van der Waals surface area contributed by atoms with Gasteiger partial charge in [0.15, 0.2) is 5.76 Å². The van der Waals surface area contributed by atoms with Crippen molar-refractivity contribution in [2.45, 2.75) is 20.0 Å². The van der Waals surface area contributed by atoms with Crippen molar-refractivity contribution in [3.05, 3.63) is 101 Å². The van der Waals surface area contributed by atoms with Crippen molar-refractivity contribution in [3.63, 3.8) is 0 Å². The van der Waals surface area contributed by atoms with Crippen LogP contribution in [0.4, 0.5) is 0 Å². The molecule has 0 unspecified atom stereocenters. The van der Waals surface area contributed by atoms with Crippen LogP contribution in [0.3, 0.4) is 0 Å². The molecule has 1 aromatic heterocycles. The quantitative estimate of drug-likeness (QED) is 0.281. The lowest BCUT2D eigenvalue weighted by Gasteiger charge is -2.18. The maximum Gasteiger partial charge on any atom is 0.313 e. The van der Waals surface area contributed by atoms with E-state index in [1.54, 1.807) is 0 Å². The number of aryl methyl sites for hydroxylation is 1. The topological polar surface area (TPSA) is 66.2 Å². The molecule has 4 rings (SSSR count). The van der Waals surface area contributed by atoms with Gasteiger partial charge in [-0.2, -0.15) is 0 Å². The van der Waals surface area contributed by atoms with Crippen LogP contribution in [0, 0.1) is 6.92 Å². The predicted octanol–water partition coefficient (Wildman–Crippen LogP) is 5.28. The van der Waals surface area contributed by atoms with Crippen molar-refractivity contribution in [2.75, 3.05) is 20.2 Å². The molecule has 0 aliphatic carbocycles. The summed E-state index contributed by atoms with van der Waals surface area (Å²) in [6.07, 6.45) is 0. The van der Waals surface area contributed by atoms with Gasteiger partial charge in [-0.3, -0.25) is 14.9 Å². The van der Waals surface area contributed by atoms with Crippen LogP contribution in [0.15, 0.2) is 83.3 Å². The Bertz CT molecular complexity index is 1200. The minimum atomic E-state index is -0.582. The van der Waals surface area contributed by atoms with E-state index < -0.39 is 5.91 Å². The highest BCUT2D eigenvalue weighted by Crippen LogP contribution is 2.28. The average molecular weight is 445 g/mol. The molecule has 6 nitrogen and oxygen atoms in total. The molecular weight excluding hydrogens is 416 g/mol. The number of furan rings is 1. The summed E-state index contributed by atoms with van der Waals surface area (Å²) < 4.78 is 11.5. The van der Waals surface area contributed by atoms with E-state index >= 15 is 0 Å². The number of hydrogen-bond donors (Lipinski definition) is 1. The van der Waals surface area contributed by atoms with E-state index in [2.05, 4.69) is 17.0 Å². The Balaban J connectivity index is 1.47. The van der Waals surface area contributed by atoms with Gasteiger partial charge in [0.2, 0.25) is 0 Å². The Morgan fingerprint density at radius 1 is 0.939 bits per heavy atom. The molecule has 170 valence electrons. The van der Waals surface area contributed by atoms with E-state index in [-0.39, 0.29) is 18.9 Å². The third-order valence-electron chi connectivity index (χ3n) is 5.44. The molecule has 0 bridgehead atoms. The minimum Gasteiger partial charge on any atom is -0.492 e. The summed E-state index contributed by atoms with van der Waals surface area (Å²) >= 11 is 0. The maximum atomic E-state index is 13.1. The smallest absolute Gasteiger partial charge is 0.313 e. The predicted molar refractivity (Wildman–Crippen MR) is 127 cm³/mol. The lowest BCUT2D eigenvalue weighted by Crippen LogP contribution is -2.32. The Labute approximate surface area is 193 Å². The zero-order valence-electron chi connectivity index (χ0n) is 18.9. The van der Waals surface area contributed by atoms with Crippen molar-refractivity contribution < 1.29 is 19.2 Å². The molecular formula is C27H28N2O4. The number of fused-ring (bicyclic) bond motifs is 1. The van der Waals surface area contributed by atoms with Crippen molar-refractivity contribution >= 4 is 16.9 Å². The van der Waals surface area contributed by atoms with Gasteiger partial charge in [-0.15, -0.1) is 0 Å². The molecule has 1 heterocycles.